The lowest BCUT2D eigenvalue weighted by molar-refractivity contribution is -0.120. The summed E-state index contributed by atoms with van der Waals surface area (Å²) in [6, 6.07) is 14.5. The van der Waals surface area contributed by atoms with Crippen molar-refractivity contribution in [3.63, 3.8) is 0 Å². The molecule has 1 amide bonds. The molecule has 2 aromatic rings. The molecule has 3 nitrogen and oxygen atoms in total. The Hall–Kier alpha value is -1.87. The van der Waals surface area contributed by atoms with E-state index in [1.165, 1.54) is 10.8 Å². The van der Waals surface area contributed by atoms with Gasteiger partial charge in [-0.1, -0.05) is 43.3 Å². The van der Waals surface area contributed by atoms with Gasteiger partial charge in [-0.25, -0.2) is 0 Å². The van der Waals surface area contributed by atoms with Crippen molar-refractivity contribution < 1.29 is 4.79 Å². The Morgan fingerprint density at radius 1 is 1.11 bits per heavy atom. The highest BCUT2D eigenvalue weighted by Crippen LogP contribution is 2.15. The second kappa shape index (κ2) is 6.17. The highest BCUT2D eigenvalue weighted by atomic mass is 16.1. The van der Waals surface area contributed by atoms with Gasteiger partial charge in [0, 0.05) is 6.54 Å². The van der Waals surface area contributed by atoms with Crippen LogP contribution < -0.4 is 10.6 Å². The number of carbonyl (C=O) groups excluding carboxylic acids is 1. The van der Waals surface area contributed by atoms with Crippen molar-refractivity contribution in [1.82, 2.24) is 10.6 Å². The summed E-state index contributed by atoms with van der Waals surface area (Å²) >= 11 is 0. The Labute approximate surface area is 107 Å². The van der Waals surface area contributed by atoms with E-state index in [2.05, 4.69) is 41.0 Å². The van der Waals surface area contributed by atoms with Gasteiger partial charge >= 0.3 is 0 Å². The van der Waals surface area contributed by atoms with E-state index in [0.29, 0.717) is 13.1 Å². The number of hydrogen-bond donors (Lipinski definition) is 2. The summed E-state index contributed by atoms with van der Waals surface area (Å²) in [6.45, 7) is 3.75. The standard InChI is InChI=1S/C15H18N2O/c1-2-16-11-15(18)17-10-12-7-8-13-5-3-4-6-14(13)9-12/h3-9,16H,2,10-11H2,1H3,(H,17,18). The predicted octanol–water partition coefficient (Wildman–Crippen LogP) is 2.07. The van der Waals surface area contributed by atoms with Gasteiger partial charge in [0.2, 0.25) is 5.91 Å². The van der Waals surface area contributed by atoms with Crippen LogP contribution in [-0.2, 0) is 11.3 Å². The first-order chi connectivity index (χ1) is 8.79. The molecular weight excluding hydrogens is 224 g/mol. The number of fused-ring (bicyclic) bond motifs is 1. The van der Waals surface area contributed by atoms with Crippen LogP contribution in [0, 0.1) is 0 Å². The quantitative estimate of drug-likeness (QED) is 0.842. The zero-order valence-corrected chi connectivity index (χ0v) is 10.6. The number of amides is 1. The number of hydrogen-bond acceptors (Lipinski definition) is 2. The zero-order valence-electron chi connectivity index (χ0n) is 10.6. The maximum absolute atomic E-state index is 11.5. The average molecular weight is 242 g/mol. The minimum Gasteiger partial charge on any atom is -0.351 e. The zero-order chi connectivity index (χ0) is 12.8. The monoisotopic (exact) mass is 242 g/mol. The van der Waals surface area contributed by atoms with Gasteiger partial charge in [0.25, 0.3) is 0 Å². The van der Waals surface area contributed by atoms with Crippen LogP contribution in [0.1, 0.15) is 12.5 Å². The largest absolute Gasteiger partial charge is 0.351 e. The lowest BCUT2D eigenvalue weighted by Crippen LogP contribution is -2.33. The highest BCUT2D eigenvalue weighted by Gasteiger charge is 2.00. The van der Waals surface area contributed by atoms with Crippen LogP contribution in [0.25, 0.3) is 10.8 Å². The normalized spacial score (nSPS) is 10.5. The number of benzene rings is 2. The van der Waals surface area contributed by atoms with Crippen molar-refractivity contribution in [2.75, 3.05) is 13.1 Å². The Balaban J connectivity index is 1.97. The van der Waals surface area contributed by atoms with Crippen molar-refractivity contribution in [2.45, 2.75) is 13.5 Å². The van der Waals surface area contributed by atoms with E-state index in [9.17, 15) is 4.79 Å². The molecular formula is C15H18N2O. The van der Waals surface area contributed by atoms with Crippen LogP contribution >= 0.6 is 0 Å². The summed E-state index contributed by atoms with van der Waals surface area (Å²) in [4.78, 5) is 11.5. The number of nitrogens with one attached hydrogen (secondary N) is 2. The molecule has 0 fully saturated rings. The van der Waals surface area contributed by atoms with Gasteiger partial charge in [-0.05, 0) is 28.9 Å². The van der Waals surface area contributed by atoms with Crippen molar-refractivity contribution >= 4 is 16.7 Å². The molecule has 3 heteroatoms. The third kappa shape index (κ3) is 3.31. The molecule has 0 atom stereocenters. The minimum absolute atomic E-state index is 0.0324. The van der Waals surface area contributed by atoms with Gasteiger partial charge in [0.15, 0.2) is 0 Å². The fourth-order valence-electron chi connectivity index (χ4n) is 1.85. The fraction of sp³-hybridized carbons (Fsp3) is 0.267. The SMILES string of the molecule is CCNCC(=O)NCc1ccc2ccccc2c1. The van der Waals surface area contributed by atoms with Crippen molar-refractivity contribution in [3.8, 4) is 0 Å². The topological polar surface area (TPSA) is 41.1 Å². The molecule has 94 valence electrons. The molecule has 2 aromatic carbocycles. The molecule has 18 heavy (non-hydrogen) atoms. The molecule has 0 radical (unpaired) electrons. The molecule has 0 aromatic heterocycles. The number of carbonyl (C=O) groups is 1. The van der Waals surface area contributed by atoms with Crippen molar-refractivity contribution in [2.24, 2.45) is 0 Å². The maximum atomic E-state index is 11.5. The molecule has 0 aliphatic heterocycles. The first-order valence-electron chi connectivity index (χ1n) is 6.24. The molecule has 0 aliphatic rings. The van der Waals surface area contributed by atoms with Crippen LogP contribution in [-0.4, -0.2) is 19.0 Å². The number of rotatable bonds is 5. The lowest BCUT2D eigenvalue weighted by Gasteiger charge is -2.06. The second-order valence-electron chi connectivity index (χ2n) is 4.24. The van der Waals surface area contributed by atoms with E-state index < -0.39 is 0 Å². The second-order valence-corrected chi connectivity index (χ2v) is 4.24. The van der Waals surface area contributed by atoms with E-state index in [4.69, 9.17) is 0 Å². The maximum Gasteiger partial charge on any atom is 0.234 e. The van der Waals surface area contributed by atoms with Crippen molar-refractivity contribution in [3.05, 3.63) is 48.0 Å². The summed E-state index contributed by atoms with van der Waals surface area (Å²) in [7, 11) is 0. The summed E-state index contributed by atoms with van der Waals surface area (Å²) < 4.78 is 0. The third-order valence-corrected chi connectivity index (χ3v) is 2.84. The van der Waals surface area contributed by atoms with E-state index in [0.717, 1.165) is 12.1 Å². The molecule has 2 N–H and O–H groups in total. The van der Waals surface area contributed by atoms with Gasteiger partial charge in [-0.15, -0.1) is 0 Å². The van der Waals surface area contributed by atoms with Crippen LogP contribution in [0.4, 0.5) is 0 Å². The van der Waals surface area contributed by atoms with Gasteiger partial charge in [-0.3, -0.25) is 4.79 Å². The third-order valence-electron chi connectivity index (χ3n) is 2.84. The number of likely N-dealkylation sites (N-methyl/N-ethyl adjacent to an activating group) is 1. The molecule has 0 unspecified atom stereocenters. The minimum atomic E-state index is 0.0324. The fourth-order valence-corrected chi connectivity index (χ4v) is 1.85. The van der Waals surface area contributed by atoms with Gasteiger partial charge in [-0.2, -0.15) is 0 Å². The Morgan fingerprint density at radius 3 is 2.67 bits per heavy atom. The summed E-state index contributed by atoms with van der Waals surface area (Å²) in [5, 5.41) is 8.33. The van der Waals surface area contributed by atoms with Crippen LogP contribution in [0.3, 0.4) is 0 Å². The van der Waals surface area contributed by atoms with Gasteiger partial charge in [0.1, 0.15) is 0 Å². The molecule has 2 rings (SSSR count). The van der Waals surface area contributed by atoms with E-state index in [1.807, 2.05) is 19.1 Å². The van der Waals surface area contributed by atoms with Gasteiger partial charge in [0.05, 0.1) is 6.54 Å². The lowest BCUT2D eigenvalue weighted by atomic mass is 10.1. The van der Waals surface area contributed by atoms with Gasteiger partial charge < -0.3 is 10.6 Å². The van der Waals surface area contributed by atoms with E-state index in [-0.39, 0.29) is 5.91 Å². The summed E-state index contributed by atoms with van der Waals surface area (Å²) in [5.41, 5.74) is 1.12. The predicted molar refractivity (Wildman–Crippen MR) is 74.3 cm³/mol. The van der Waals surface area contributed by atoms with E-state index >= 15 is 0 Å². The summed E-state index contributed by atoms with van der Waals surface area (Å²) in [5.74, 6) is 0.0324. The molecule has 0 bridgehead atoms. The Kier molecular flexibility index (Phi) is 4.31. The Morgan fingerprint density at radius 2 is 1.89 bits per heavy atom. The molecule has 0 aliphatic carbocycles. The molecule has 0 heterocycles. The van der Waals surface area contributed by atoms with Crippen LogP contribution in [0.15, 0.2) is 42.5 Å². The Bertz CT molecular complexity index is 537. The first-order valence-corrected chi connectivity index (χ1v) is 6.24. The van der Waals surface area contributed by atoms with E-state index in [1.54, 1.807) is 0 Å². The molecule has 0 saturated heterocycles. The highest BCUT2D eigenvalue weighted by molar-refractivity contribution is 5.83. The first kappa shape index (κ1) is 12.6. The molecule has 0 saturated carbocycles. The average Bonchev–Trinajstić information content (AvgIpc) is 2.42. The molecule has 0 spiro atoms. The van der Waals surface area contributed by atoms with Crippen LogP contribution in [0.2, 0.25) is 0 Å². The van der Waals surface area contributed by atoms with Crippen LogP contribution in [0.5, 0.6) is 0 Å². The smallest absolute Gasteiger partial charge is 0.234 e. The summed E-state index contributed by atoms with van der Waals surface area (Å²) in [6.07, 6.45) is 0. The van der Waals surface area contributed by atoms with Crippen molar-refractivity contribution in [1.29, 1.82) is 0 Å².